The summed E-state index contributed by atoms with van der Waals surface area (Å²) in [4.78, 5) is 4.12. The number of ether oxygens (including phenoxy) is 3. The number of aryl methyl sites for hydroxylation is 1. The second-order valence-electron chi connectivity index (χ2n) is 3.20. The first kappa shape index (κ1) is 13.4. The molecule has 0 saturated carbocycles. The van der Waals surface area contributed by atoms with Crippen molar-refractivity contribution in [1.82, 2.24) is 4.98 Å². The third kappa shape index (κ3) is 4.47. The van der Waals surface area contributed by atoms with E-state index in [4.69, 9.17) is 14.2 Å². The first-order valence-corrected chi connectivity index (χ1v) is 5.85. The van der Waals surface area contributed by atoms with E-state index in [9.17, 15) is 0 Å². The minimum Gasteiger partial charge on any atom is -0.474 e. The molecule has 0 atom stereocenters. The zero-order valence-electron chi connectivity index (χ0n) is 9.53. The highest BCUT2D eigenvalue weighted by molar-refractivity contribution is 9.10. The van der Waals surface area contributed by atoms with E-state index in [0.29, 0.717) is 32.3 Å². The average molecular weight is 290 g/mol. The summed E-state index contributed by atoms with van der Waals surface area (Å²) in [7, 11) is 1.65. The Balaban J connectivity index is 2.24. The molecule has 16 heavy (non-hydrogen) atoms. The molecular weight excluding hydrogens is 274 g/mol. The lowest BCUT2D eigenvalue weighted by molar-refractivity contribution is 0.0535. The Hall–Kier alpha value is -0.650. The second kappa shape index (κ2) is 7.60. The molecular formula is C11H16BrNO3. The van der Waals surface area contributed by atoms with Crippen molar-refractivity contribution in [2.24, 2.45) is 0 Å². The van der Waals surface area contributed by atoms with Crippen LogP contribution in [0.5, 0.6) is 5.88 Å². The molecule has 0 saturated heterocycles. The zero-order valence-corrected chi connectivity index (χ0v) is 11.1. The molecule has 4 nitrogen and oxygen atoms in total. The molecule has 1 aromatic heterocycles. The molecule has 0 fully saturated rings. The Bertz CT molecular complexity index is 320. The summed E-state index contributed by atoms with van der Waals surface area (Å²) >= 11 is 3.43. The van der Waals surface area contributed by atoms with Crippen molar-refractivity contribution >= 4 is 15.9 Å². The second-order valence-corrected chi connectivity index (χ2v) is 3.99. The SMILES string of the molecule is COCCOCCOc1nccc(C)c1Br. The van der Waals surface area contributed by atoms with Gasteiger partial charge in [0.2, 0.25) is 5.88 Å². The van der Waals surface area contributed by atoms with Gasteiger partial charge in [0.15, 0.2) is 0 Å². The van der Waals surface area contributed by atoms with Gasteiger partial charge in [-0.3, -0.25) is 0 Å². The molecule has 0 N–H and O–H groups in total. The topological polar surface area (TPSA) is 40.6 Å². The number of pyridine rings is 1. The summed E-state index contributed by atoms with van der Waals surface area (Å²) in [5.41, 5.74) is 1.10. The molecule has 0 amide bonds. The molecule has 0 aromatic carbocycles. The minimum atomic E-state index is 0.485. The van der Waals surface area contributed by atoms with Crippen LogP contribution in [0.15, 0.2) is 16.7 Å². The van der Waals surface area contributed by atoms with Gasteiger partial charge in [0.05, 0.1) is 24.3 Å². The summed E-state index contributed by atoms with van der Waals surface area (Å²) in [5, 5.41) is 0. The smallest absolute Gasteiger partial charge is 0.228 e. The first-order valence-electron chi connectivity index (χ1n) is 5.06. The number of aromatic nitrogens is 1. The highest BCUT2D eigenvalue weighted by atomic mass is 79.9. The third-order valence-electron chi connectivity index (χ3n) is 1.95. The molecule has 90 valence electrons. The van der Waals surface area contributed by atoms with Crippen LogP contribution in [0.4, 0.5) is 0 Å². The standard InChI is InChI=1S/C11H16BrNO3/c1-9-3-4-13-11(10(9)12)16-8-7-15-6-5-14-2/h3-4H,5-8H2,1-2H3. The van der Waals surface area contributed by atoms with Crippen molar-refractivity contribution in [2.75, 3.05) is 33.5 Å². The van der Waals surface area contributed by atoms with E-state index in [1.807, 2.05) is 13.0 Å². The maximum Gasteiger partial charge on any atom is 0.228 e. The summed E-state index contributed by atoms with van der Waals surface area (Å²) in [6, 6.07) is 1.92. The fraction of sp³-hybridized carbons (Fsp3) is 0.545. The van der Waals surface area contributed by atoms with E-state index in [1.54, 1.807) is 13.3 Å². The number of hydrogen-bond acceptors (Lipinski definition) is 4. The number of hydrogen-bond donors (Lipinski definition) is 0. The van der Waals surface area contributed by atoms with Gasteiger partial charge in [-0.25, -0.2) is 4.98 Å². The van der Waals surface area contributed by atoms with Crippen LogP contribution in [0.1, 0.15) is 5.56 Å². The summed E-state index contributed by atoms with van der Waals surface area (Å²) in [5.74, 6) is 0.607. The number of halogens is 1. The van der Waals surface area contributed by atoms with E-state index in [1.165, 1.54) is 0 Å². The predicted octanol–water partition coefficient (Wildman–Crippen LogP) is 2.19. The van der Waals surface area contributed by atoms with Crippen LogP contribution in [0.3, 0.4) is 0 Å². The van der Waals surface area contributed by atoms with Crippen molar-refractivity contribution < 1.29 is 14.2 Å². The van der Waals surface area contributed by atoms with Gasteiger partial charge < -0.3 is 14.2 Å². The number of rotatable bonds is 7. The van der Waals surface area contributed by atoms with Crippen LogP contribution in [-0.2, 0) is 9.47 Å². The zero-order chi connectivity index (χ0) is 11.8. The van der Waals surface area contributed by atoms with Crippen LogP contribution >= 0.6 is 15.9 Å². The highest BCUT2D eigenvalue weighted by Crippen LogP contribution is 2.25. The number of methoxy groups -OCH3 is 1. The van der Waals surface area contributed by atoms with Gasteiger partial charge in [-0.2, -0.15) is 0 Å². The van der Waals surface area contributed by atoms with Crippen molar-refractivity contribution in [2.45, 2.75) is 6.92 Å². The van der Waals surface area contributed by atoms with Crippen LogP contribution in [-0.4, -0.2) is 38.5 Å². The fourth-order valence-electron chi connectivity index (χ4n) is 1.06. The molecule has 1 heterocycles. The predicted molar refractivity (Wildman–Crippen MR) is 64.9 cm³/mol. The number of nitrogens with zero attached hydrogens (tertiary/aromatic N) is 1. The van der Waals surface area contributed by atoms with Crippen LogP contribution in [0.25, 0.3) is 0 Å². The van der Waals surface area contributed by atoms with Gasteiger partial charge in [-0.05, 0) is 34.5 Å². The van der Waals surface area contributed by atoms with Crippen LogP contribution < -0.4 is 4.74 Å². The highest BCUT2D eigenvalue weighted by Gasteiger charge is 2.04. The molecule has 0 aliphatic carbocycles. The van der Waals surface area contributed by atoms with Gasteiger partial charge in [0.1, 0.15) is 6.61 Å². The van der Waals surface area contributed by atoms with Gasteiger partial charge >= 0.3 is 0 Å². The Kier molecular flexibility index (Phi) is 6.37. The van der Waals surface area contributed by atoms with E-state index >= 15 is 0 Å². The molecule has 5 heteroatoms. The van der Waals surface area contributed by atoms with Crippen LogP contribution in [0.2, 0.25) is 0 Å². The molecule has 0 aliphatic heterocycles. The Labute approximate surface area is 104 Å². The maximum absolute atomic E-state index is 5.47. The third-order valence-corrected chi connectivity index (χ3v) is 2.91. The van der Waals surface area contributed by atoms with E-state index in [0.717, 1.165) is 10.0 Å². The van der Waals surface area contributed by atoms with Gasteiger partial charge in [0, 0.05) is 13.3 Å². The molecule has 0 unspecified atom stereocenters. The van der Waals surface area contributed by atoms with Gasteiger partial charge in [-0.1, -0.05) is 0 Å². The van der Waals surface area contributed by atoms with Gasteiger partial charge in [0.25, 0.3) is 0 Å². The van der Waals surface area contributed by atoms with Crippen molar-refractivity contribution in [1.29, 1.82) is 0 Å². The van der Waals surface area contributed by atoms with Gasteiger partial charge in [-0.15, -0.1) is 0 Å². The molecule has 0 aliphatic rings. The van der Waals surface area contributed by atoms with E-state index < -0.39 is 0 Å². The molecule has 1 rings (SSSR count). The molecule has 0 bridgehead atoms. The molecule has 0 spiro atoms. The lowest BCUT2D eigenvalue weighted by Gasteiger charge is -2.08. The van der Waals surface area contributed by atoms with E-state index in [2.05, 4.69) is 20.9 Å². The monoisotopic (exact) mass is 289 g/mol. The Morgan fingerprint density at radius 3 is 2.75 bits per heavy atom. The first-order chi connectivity index (χ1) is 7.75. The largest absolute Gasteiger partial charge is 0.474 e. The normalized spacial score (nSPS) is 10.4. The van der Waals surface area contributed by atoms with Crippen LogP contribution in [0, 0.1) is 6.92 Å². The lowest BCUT2D eigenvalue weighted by Crippen LogP contribution is -2.10. The quantitative estimate of drug-likeness (QED) is 0.722. The average Bonchev–Trinajstić information content (AvgIpc) is 2.29. The Morgan fingerprint density at radius 1 is 1.25 bits per heavy atom. The maximum atomic E-state index is 5.47. The van der Waals surface area contributed by atoms with Crippen molar-refractivity contribution in [3.05, 3.63) is 22.3 Å². The van der Waals surface area contributed by atoms with E-state index in [-0.39, 0.29) is 0 Å². The molecule has 1 aromatic rings. The summed E-state index contributed by atoms with van der Waals surface area (Å²) < 4.78 is 16.5. The summed E-state index contributed by atoms with van der Waals surface area (Å²) in [6.45, 7) is 4.20. The van der Waals surface area contributed by atoms with Crippen molar-refractivity contribution in [3.8, 4) is 5.88 Å². The van der Waals surface area contributed by atoms with Crippen molar-refractivity contribution in [3.63, 3.8) is 0 Å². The summed E-state index contributed by atoms with van der Waals surface area (Å²) in [6.07, 6.45) is 1.72. The minimum absolute atomic E-state index is 0.485. The lowest BCUT2D eigenvalue weighted by atomic mass is 10.3. The molecule has 0 radical (unpaired) electrons. The fourth-order valence-corrected chi connectivity index (χ4v) is 1.41. The Morgan fingerprint density at radius 2 is 2.00 bits per heavy atom.